The Morgan fingerprint density at radius 1 is 1.24 bits per heavy atom. The minimum atomic E-state index is -3.85. The number of cyclic esters (lactones) is 1. The molecule has 1 aliphatic rings. The molecular formula is C24H33N3O5S. The summed E-state index contributed by atoms with van der Waals surface area (Å²) < 4.78 is 35.3. The lowest BCUT2D eigenvalue weighted by molar-refractivity contribution is -0.161. The zero-order valence-corrected chi connectivity index (χ0v) is 20.5. The fourth-order valence-electron chi connectivity index (χ4n) is 4.62. The van der Waals surface area contributed by atoms with E-state index >= 15 is 0 Å². The summed E-state index contributed by atoms with van der Waals surface area (Å²) in [4.78, 5) is 17.0. The molecule has 8 nitrogen and oxygen atoms in total. The van der Waals surface area contributed by atoms with Gasteiger partial charge in [0.1, 0.15) is 11.4 Å². The van der Waals surface area contributed by atoms with Gasteiger partial charge in [0.25, 0.3) is 10.0 Å². The van der Waals surface area contributed by atoms with Crippen LogP contribution in [0.15, 0.2) is 53.1 Å². The van der Waals surface area contributed by atoms with E-state index < -0.39 is 27.5 Å². The molecular weight excluding hydrogens is 442 g/mol. The lowest BCUT2D eigenvalue weighted by Crippen LogP contribution is -2.41. The SMILES string of the molecule is CCCC1(CCC)CC(O)=C([C@H](CC)c2cccc(NS(=O)(=O)c3cn(C)cn3)c2)C(=O)O1. The fourth-order valence-corrected chi connectivity index (χ4v) is 5.66. The van der Waals surface area contributed by atoms with Crippen molar-refractivity contribution in [2.24, 2.45) is 7.05 Å². The van der Waals surface area contributed by atoms with Crippen LogP contribution >= 0.6 is 0 Å². The molecule has 1 aromatic carbocycles. The summed E-state index contributed by atoms with van der Waals surface area (Å²) >= 11 is 0. The molecule has 0 fully saturated rings. The smallest absolute Gasteiger partial charge is 0.338 e. The van der Waals surface area contributed by atoms with Crippen molar-refractivity contribution in [2.75, 3.05) is 4.72 Å². The van der Waals surface area contributed by atoms with Gasteiger partial charge >= 0.3 is 5.97 Å². The van der Waals surface area contributed by atoms with Crippen molar-refractivity contribution >= 4 is 21.7 Å². The molecule has 2 heterocycles. The maximum absolute atomic E-state index is 13.1. The molecule has 180 valence electrons. The van der Waals surface area contributed by atoms with Crippen molar-refractivity contribution in [3.05, 3.63) is 53.7 Å². The number of aliphatic hydroxyl groups excluding tert-OH is 1. The van der Waals surface area contributed by atoms with Crippen LogP contribution in [0.5, 0.6) is 0 Å². The third kappa shape index (κ3) is 5.40. The topological polar surface area (TPSA) is 111 Å². The minimum absolute atomic E-state index is 0.0690. The maximum atomic E-state index is 13.1. The number of hydrogen-bond donors (Lipinski definition) is 2. The Balaban J connectivity index is 1.91. The van der Waals surface area contributed by atoms with E-state index in [0.717, 1.165) is 18.4 Å². The molecule has 0 unspecified atom stereocenters. The van der Waals surface area contributed by atoms with Gasteiger partial charge in [-0.2, -0.15) is 8.42 Å². The Bertz CT molecular complexity index is 1130. The predicted octanol–water partition coefficient (Wildman–Crippen LogP) is 4.81. The molecule has 0 bridgehead atoms. The van der Waals surface area contributed by atoms with Gasteiger partial charge in [0.15, 0.2) is 5.03 Å². The molecule has 1 aliphatic heterocycles. The van der Waals surface area contributed by atoms with Crippen molar-refractivity contribution in [2.45, 2.75) is 75.8 Å². The molecule has 0 amide bonds. The van der Waals surface area contributed by atoms with E-state index in [9.17, 15) is 18.3 Å². The molecule has 9 heteroatoms. The predicted molar refractivity (Wildman–Crippen MR) is 126 cm³/mol. The van der Waals surface area contributed by atoms with E-state index in [1.807, 2.05) is 26.8 Å². The normalized spacial score (nSPS) is 17.0. The van der Waals surface area contributed by atoms with Crippen molar-refractivity contribution in [1.29, 1.82) is 0 Å². The molecule has 0 saturated heterocycles. The molecule has 2 aromatic rings. The van der Waals surface area contributed by atoms with Crippen molar-refractivity contribution in [1.82, 2.24) is 9.55 Å². The van der Waals surface area contributed by atoms with Crippen LogP contribution in [0.4, 0.5) is 5.69 Å². The highest BCUT2D eigenvalue weighted by Crippen LogP contribution is 2.42. The highest BCUT2D eigenvalue weighted by atomic mass is 32.2. The van der Waals surface area contributed by atoms with Crippen LogP contribution in [0.25, 0.3) is 0 Å². The molecule has 0 radical (unpaired) electrons. The molecule has 33 heavy (non-hydrogen) atoms. The number of aromatic nitrogens is 2. The lowest BCUT2D eigenvalue weighted by Gasteiger charge is -2.38. The summed E-state index contributed by atoms with van der Waals surface area (Å²) in [7, 11) is -2.16. The maximum Gasteiger partial charge on any atom is 0.338 e. The van der Waals surface area contributed by atoms with Crippen LogP contribution in [0.1, 0.15) is 70.8 Å². The number of anilines is 1. The van der Waals surface area contributed by atoms with E-state index in [1.165, 1.54) is 12.5 Å². The van der Waals surface area contributed by atoms with Crippen molar-refractivity contribution < 1.29 is 23.1 Å². The summed E-state index contributed by atoms with van der Waals surface area (Å²) in [6, 6.07) is 6.86. The second-order valence-corrected chi connectivity index (χ2v) is 10.3. The van der Waals surface area contributed by atoms with E-state index in [4.69, 9.17) is 4.74 Å². The molecule has 0 aliphatic carbocycles. The highest BCUT2D eigenvalue weighted by molar-refractivity contribution is 7.92. The van der Waals surface area contributed by atoms with Crippen LogP contribution in [0.3, 0.4) is 0 Å². The van der Waals surface area contributed by atoms with Gasteiger partial charge in [0, 0.05) is 31.3 Å². The molecule has 1 aromatic heterocycles. The van der Waals surface area contributed by atoms with E-state index in [0.29, 0.717) is 31.4 Å². The number of rotatable bonds is 10. The Morgan fingerprint density at radius 3 is 2.48 bits per heavy atom. The van der Waals surface area contributed by atoms with E-state index in [-0.39, 0.29) is 16.4 Å². The Hall–Kier alpha value is -2.81. The summed E-state index contributed by atoms with van der Waals surface area (Å²) in [5.41, 5.74) is 0.667. The molecule has 3 rings (SSSR count). The molecule has 2 N–H and O–H groups in total. The first kappa shape index (κ1) is 24.8. The number of carbonyl (C=O) groups is 1. The van der Waals surface area contributed by atoms with Gasteiger partial charge in [0.2, 0.25) is 0 Å². The number of aliphatic hydroxyl groups is 1. The monoisotopic (exact) mass is 475 g/mol. The third-order valence-corrected chi connectivity index (χ3v) is 7.26. The van der Waals surface area contributed by atoms with E-state index in [2.05, 4.69) is 9.71 Å². The van der Waals surface area contributed by atoms with Crippen molar-refractivity contribution in [3.63, 3.8) is 0 Å². The average Bonchev–Trinajstić information content (AvgIpc) is 3.18. The standard InChI is InChI=1S/C24H33N3O5S/c1-5-11-24(12-6-2)14-20(28)22(23(29)32-24)19(7-3)17-9-8-10-18(13-17)26-33(30,31)21-15-27(4)16-25-21/h8-10,13,15-16,19,26,28H,5-7,11-12,14H2,1-4H3/t19-/m1/s1. The minimum Gasteiger partial charge on any atom is -0.512 e. The number of nitrogens with zero attached hydrogens (tertiary/aromatic N) is 2. The second kappa shape index (κ2) is 9.99. The van der Waals surface area contributed by atoms with Gasteiger partial charge in [-0.15, -0.1) is 0 Å². The van der Waals surface area contributed by atoms with Gasteiger partial charge in [-0.05, 0) is 37.0 Å². The third-order valence-electron chi connectivity index (χ3n) is 6.00. The van der Waals surface area contributed by atoms with E-state index in [1.54, 1.807) is 29.8 Å². The number of sulfonamides is 1. The molecule has 0 saturated carbocycles. The molecule has 1 atom stereocenters. The summed E-state index contributed by atoms with van der Waals surface area (Å²) in [5.74, 6) is -0.843. The van der Waals surface area contributed by atoms with Crippen LogP contribution in [0.2, 0.25) is 0 Å². The van der Waals surface area contributed by atoms with Crippen LogP contribution in [-0.2, 0) is 26.6 Å². The number of esters is 1. The Labute approximate surface area is 195 Å². The number of benzene rings is 1. The van der Waals surface area contributed by atoms with Gasteiger partial charge in [0.05, 0.1) is 11.9 Å². The summed E-state index contributed by atoms with van der Waals surface area (Å²) in [6.07, 6.45) is 6.78. The molecule has 0 spiro atoms. The zero-order chi connectivity index (χ0) is 24.2. The van der Waals surface area contributed by atoms with Gasteiger partial charge in [-0.3, -0.25) is 4.72 Å². The Kier molecular flexibility index (Phi) is 7.51. The van der Waals surface area contributed by atoms with Crippen LogP contribution in [-0.4, -0.2) is 34.6 Å². The quantitative estimate of drug-likeness (QED) is 0.477. The van der Waals surface area contributed by atoms with Gasteiger partial charge < -0.3 is 14.4 Å². The largest absolute Gasteiger partial charge is 0.512 e. The number of imidazole rings is 1. The number of hydrogen-bond acceptors (Lipinski definition) is 6. The summed E-state index contributed by atoms with van der Waals surface area (Å²) in [6.45, 7) is 5.99. The van der Waals surface area contributed by atoms with Gasteiger partial charge in [-0.25, -0.2) is 9.78 Å². The Morgan fingerprint density at radius 2 is 1.94 bits per heavy atom. The van der Waals surface area contributed by atoms with Gasteiger partial charge in [-0.1, -0.05) is 45.7 Å². The van der Waals surface area contributed by atoms with Crippen LogP contribution in [0, 0.1) is 0 Å². The first-order valence-corrected chi connectivity index (χ1v) is 12.9. The second-order valence-electron chi connectivity index (χ2n) is 8.68. The first-order valence-electron chi connectivity index (χ1n) is 11.4. The zero-order valence-electron chi connectivity index (χ0n) is 19.7. The van der Waals surface area contributed by atoms with Crippen molar-refractivity contribution in [3.8, 4) is 0 Å². The number of nitrogens with one attached hydrogen (secondary N) is 1. The number of ether oxygens (including phenoxy) is 1. The van der Waals surface area contributed by atoms with Crippen LogP contribution < -0.4 is 4.72 Å². The number of carbonyl (C=O) groups excluding carboxylic acids is 1. The average molecular weight is 476 g/mol. The summed E-state index contributed by atoms with van der Waals surface area (Å²) in [5, 5.41) is 10.9. The fraction of sp³-hybridized carbons (Fsp3) is 0.500. The number of aryl methyl sites for hydroxylation is 1. The highest BCUT2D eigenvalue weighted by Gasteiger charge is 2.42. The first-order chi connectivity index (χ1) is 15.6. The lowest BCUT2D eigenvalue weighted by atomic mass is 9.80.